The topological polar surface area (TPSA) is 108 Å². The van der Waals surface area contributed by atoms with Gasteiger partial charge in [-0.05, 0) is 0 Å². The molecular formula is C9H13Ac3BrCl3NO6. The Balaban J connectivity index is -0.00000133. The van der Waals surface area contributed by atoms with Crippen LogP contribution < -0.4 is 5.32 Å². The summed E-state index contributed by atoms with van der Waals surface area (Å²) in [6.45, 7) is -0.966. The summed E-state index contributed by atoms with van der Waals surface area (Å²) in [5.41, 5.74) is 0. The van der Waals surface area contributed by atoms with Crippen molar-refractivity contribution >= 4 is 56.8 Å². The number of aliphatic hydroxyl groups excluding tert-OH is 3. The van der Waals surface area contributed by atoms with Crippen LogP contribution >= 0.6 is 50.7 Å². The number of nitrogens with one attached hydrogen (secondary N) is 1. The van der Waals surface area contributed by atoms with E-state index in [4.69, 9.17) is 44.6 Å². The van der Waals surface area contributed by atoms with Gasteiger partial charge in [0.25, 0.3) is 0 Å². The van der Waals surface area contributed by atoms with Crippen molar-refractivity contribution in [3.63, 3.8) is 0 Å². The molecule has 1 aliphatic heterocycles. The van der Waals surface area contributed by atoms with Crippen LogP contribution in [-0.4, -0.2) is 67.8 Å². The number of aliphatic hydroxyl groups is 3. The molecule has 2 unspecified atom stereocenters. The first-order valence-electron chi connectivity index (χ1n) is 5.42. The van der Waals surface area contributed by atoms with Crippen LogP contribution in [0.5, 0.6) is 0 Å². The Morgan fingerprint density at radius 3 is 2.17 bits per heavy atom. The molecule has 0 aromatic carbocycles. The van der Waals surface area contributed by atoms with Crippen molar-refractivity contribution in [1.29, 1.82) is 0 Å². The summed E-state index contributed by atoms with van der Waals surface area (Å²) in [6, 6.07) is -1.00. The third-order valence-electron chi connectivity index (χ3n) is 2.52. The fourth-order valence-electron chi connectivity index (χ4n) is 1.55. The van der Waals surface area contributed by atoms with Crippen LogP contribution in [0.4, 0.5) is 4.79 Å². The Bertz CT molecular complexity index is 357. The first-order valence-corrected chi connectivity index (χ1v) is 7.47. The van der Waals surface area contributed by atoms with Gasteiger partial charge in [0.15, 0.2) is 0 Å². The molecule has 0 aromatic rings. The number of carbonyl (C=O) groups excluding carboxylic acids is 1. The SMILES string of the molecule is O=C(NC1C(O)[C@H](O)[C@@H](CO)O[C@@H]1Br)OCC(Cl)(Cl)Cl.[Ac].[Ac].[Ac]. The van der Waals surface area contributed by atoms with Crippen LogP contribution in [0.15, 0.2) is 0 Å². The van der Waals surface area contributed by atoms with E-state index in [1.54, 1.807) is 0 Å². The number of rotatable bonds is 3. The van der Waals surface area contributed by atoms with Crippen molar-refractivity contribution in [2.24, 2.45) is 0 Å². The average molecular weight is 1100 g/mol. The van der Waals surface area contributed by atoms with Crippen LogP contribution in [0, 0.1) is 132 Å². The summed E-state index contributed by atoms with van der Waals surface area (Å²) < 4.78 is 8.06. The zero-order valence-electron chi connectivity index (χ0n) is 11.6. The van der Waals surface area contributed by atoms with Gasteiger partial charge in [0.05, 0.1) is 12.6 Å². The van der Waals surface area contributed by atoms with Gasteiger partial charge >= 0.3 is 6.09 Å². The minimum atomic E-state index is -1.76. The molecule has 0 saturated carbocycles. The van der Waals surface area contributed by atoms with Gasteiger partial charge in [-0.3, -0.25) is 0 Å². The zero-order chi connectivity index (χ0) is 15.5. The van der Waals surface area contributed by atoms with Gasteiger partial charge in [0, 0.05) is 132 Å². The summed E-state index contributed by atoms with van der Waals surface area (Å²) in [4.78, 5) is 11.5. The first kappa shape index (κ1) is 32.4. The van der Waals surface area contributed by atoms with Crippen molar-refractivity contribution in [2.45, 2.75) is 33.2 Å². The molecule has 23 heavy (non-hydrogen) atoms. The molecule has 127 valence electrons. The third kappa shape index (κ3) is 12.2. The molecule has 1 rings (SSSR count). The van der Waals surface area contributed by atoms with Gasteiger partial charge in [-0.25, -0.2) is 4.79 Å². The molecule has 1 amide bonds. The van der Waals surface area contributed by atoms with Gasteiger partial charge < -0.3 is 30.1 Å². The third-order valence-corrected chi connectivity index (χ3v) is 3.63. The van der Waals surface area contributed by atoms with Crippen molar-refractivity contribution in [3.05, 3.63) is 0 Å². The molecule has 1 aliphatic rings. The van der Waals surface area contributed by atoms with Gasteiger partial charge in [-0.15, -0.1) is 0 Å². The molecule has 0 aromatic heterocycles. The maximum Gasteiger partial charge on any atom is 0.407 e. The Morgan fingerprint density at radius 1 is 1.22 bits per heavy atom. The Kier molecular flexibility index (Phi) is 22.0. The predicted molar refractivity (Wildman–Crippen MR) is 75.2 cm³/mol. The van der Waals surface area contributed by atoms with Gasteiger partial charge in [-0.2, -0.15) is 0 Å². The smallest absolute Gasteiger partial charge is 0.407 e. The molecule has 1 heterocycles. The molecule has 7 nitrogen and oxygen atoms in total. The van der Waals surface area contributed by atoms with E-state index in [1.807, 2.05) is 0 Å². The molecule has 1 fully saturated rings. The van der Waals surface area contributed by atoms with Crippen molar-refractivity contribution in [1.82, 2.24) is 5.32 Å². The number of alkyl halides is 4. The maximum atomic E-state index is 11.5. The van der Waals surface area contributed by atoms with Crippen LogP contribution in [0.25, 0.3) is 0 Å². The van der Waals surface area contributed by atoms with Crippen LogP contribution in [0.2, 0.25) is 0 Å². The van der Waals surface area contributed by atoms with Crippen molar-refractivity contribution in [3.8, 4) is 0 Å². The van der Waals surface area contributed by atoms with E-state index in [1.165, 1.54) is 0 Å². The molecule has 0 spiro atoms. The van der Waals surface area contributed by atoms with E-state index >= 15 is 0 Å². The zero-order valence-corrected chi connectivity index (χ0v) is 29.7. The van der Waals surface area contributed by atoms with Gasteiger partial charge in [0.2, 0.25) is 3.79 Å². The monoisotopic (exact) mass is 1100 g/mol. The van der Waals surface area contributed by atoms with E-state index in [9.17, 15) is 15.0 Å². The summed E-state index contributed by atoms with van der Waals surface area (Å²) in [6.07, 6.45) is -4.66. The molecule has 5 atom stereocenters. The predicted octanol–water partition coefficient (Wildman–Crippen LogP) is 0.285. The maximum absolute atomic E-state index is 11.5. The van der Waals surface area contributed by atoms with E-state index in [0.29, 0.717) is 0 Å². The number of hydrogen-bond acceptors (Lipinski definition) is 6. The van der Waals surface area contributed by atoms with E-state index in [-0.39, 0.29) is 132 Å². The average Bonchev–Trinajstić information content (AvgIpc) is 2.35. The standard InChI is InChI=1S/C9H13BrCl3NO6.3Ac/c10-7-4(6(17)5(16)3(1-15)20-7)14-8(18)19-2-9(11,12)13;;;/h3-7,15-17H,1-2H2,(H,14,18);;;/t3-,4?,5-,6?,7+;;;/m1.../s1. The minimum Gasteiger partial charge on any atom is -0.445 e. The normalized spacial score (nSPS) is 30.1. The van der Waals surface area contributed by atoms with Crippen LogP contribution in [-0.2, 0) is 9.47 Å². The largest absolute Gasteiger partial charge is 0.445 e. The number of amides is 1. The first-order chi connectivity index (χ1) is 9.15. The number of hydrogen-bond donors (Lipinski definition) is 4. The van der Waals surface area contributed by atoms with Crippen molar-refractivity contribution < 1.29 is 162 Å². The van der Waals surface area contributed by atoms with Crippen LogP contribution in [0.1, 0.15) is 0 Å². The van der Waals surface area contributed by atoms with Crippen LogP contribution in [0.3, 0.4) is 0 Å². The molecule has 4 N–H and O–H groups in total. The van der Waals surface area contributed by atoms with Gasteiger partial charge in [-0.1, -0.05) is 50.7 Å². The second kappa shape index (κ2) is 15.6. The summed E-state index contributed by atoms with van der Waals surface area (Å²) in [5, 5.41) is 29.9. The Hall–Kier alpha value is 4.78. The van der Waals surface area contributed by atoms with E-state index < -0.39 is 52.5 Å². The molecular weight excluding hydrogens is 1090 g/mol. The second-order valence-electron chi connectivity index (χ2n) is 4.05. The molecule has 3 radical (unpaired) electrons. The van der Waals surface area contributed by atoms with E-state index in [2.05, 4.69) is 26.0 Å². The molecule has 0 bridgehead atoms. The number of alkyl carbamates (subject to hydrolysis) is 1. The Labute approximate surface area is 264 Å². The minimum absolute atomic E-state index is 0. The summed E-state index contributed by atoms with van der Waals surface area (Å²) >= 11 is 19.3. The van der Waals surface area contributed by atoms with E-state index in [0.717, 1.165) is 0 Å². The number of halogens is 4. The number of ether oxygens (including phenoxy) is 2. The van der Waals surface area contributed by atoms with Gasteiger partial charge in [0.1, 0.15) is 29.9 Å². The van der Waals surface area contributed by atoms with Crippen molar-refractivity contribution in [2.75, 3.05) is 13.2 Å². The summed E-state index contributed by atoms with van der Waals surface area (Å²) in [5.74, 6) is 0. The fourth-order valence-corrected chi connectivity index (χ4v) is 2.43. The summed E-state index contributed by atoms with van der Waals surface area (Å²) in [7, 11) is 0. The second-order valence-corrected chi connectivity index (χ2v) is 7.47. The Morgan fingerprint density at radius 2 is 1.74 bits per heavy atom. The molecule has 14 heteroatoms. The molecule has 0 aliphatic carbocycles. The quantitative estimate of drug-likeness (QED) is 0.303. The molecule has 1 saturated heterocycles. The fraction of sp³-hybridized carbons (Fsp3) is 0.889. The number of carbonyl (C=O) groups is 1.